The zero-order chi connectivity index (χ0) is 16.3. The van der Waals surface area contributed by atoms with E-state index < -0.39 is 4.92 Å². The predicted molar refractivity (Wildman–Crippen MR) is 78.7 cm³/mol. The minimum atomic E-state index is -0.594. The second kappa shape index (κ2) is 5.56. The van der Waals surface area contributed by atoms with E-state index in [0.717, 1.165) is 0 Å². The Morgan fingerprint density at radius 1 is 1.32 bits per heavy atom. The number of fused-ring (bicyclic) bond motifs is 1. The maximum atomic E-state index is 10.9. The van der Waals surface area contributed by atoms with Crippen molar-refractivity contribution < 1.29 is 4.92 Å². The van der Waals surface area contributed by atoms with E-state index in [1.807, 2.05) is 0 Å². The Morgan fingerprint density at radius 2 is 2.05 bits per heavy atom. The molecule has 0 amide bonds. The van der Waals surface area contributed by atoms with E-state index in [0.29, 0.717) is 11.1 Å². The van der Waals surface area contributed by atoms with Crippen LogP contribution in [0.2, 0.25) is 0 Å². The molecule has 0 aromatic heterocycles. The van der Waals surface area contributed by atoms with Gasteiger partial charge in [0.15, 0.2) is 0 Å². The zero-order valence-corrected chi connectivity index (χ0v) is 10.9. The monoisotopic (exact) mass is 286 g/mol. The van der Waals surface area contributed by atoms with Crippen LogP contribution in [0.3, 0.4) is 0 Å². The van der Waals surface area contributed by atoms with Gasteiger partial charge in [0.25, 0.3) is 11.4 Å². The summed E-state index contributed by atoms with van der Waals surface area (Å²) < 4.78 is 0. The van der Waals surface area contributed by atoms with Crippen molar-refractivity contribution in [2.24, 2.45) is 0 Å². The van der Waals surface area contributed by atoms with Crippen LogP contribution in [0.15, 0.2) is 35.7 Å². The topological polar surface area (TPSA) is 98.0 Å². The summed E-state index contributed by atoms with van der Waals surface area (Å²) in [5.74, 6) is 1.74. The molecule has 2 rings (SSSR count). The average molecular weight is 286 g/mol. The number of nitro benzene ring substituents is 1. The van der Waals surface area contributed by atoms with Gasteiger partial charge >= 0.3 is 0 Å². The van der Waals surface area contributed by atoms with Gasteiger partial charge in [0, 0.05) is 12.1 Å². The van der Waals surface area contributed by atoms with Crippen molar-refractivity contribution >= 4 is 22.7 Å². The van der Waals surface area contributed by atoms with Crippen molar-refractivity contribution in [2.75, 3.05) is 0 Å². The van der Waals surface area contributed by atoms with Gasteiger partial charge in [-0.2, -0.15) is 0 Å². The summed E-state index contributed by atoms with van der Waals surface area (Å²) in [5.41, 5.74) is 0.509. The summed E-state index contributed by atoms with van der Waals surface area (Å²) in [6.45, 7) is 14.0. The van der Waals surface area contributed by atoms with Crippen LogP contribution in [0.4, 0.5) is 5.69 Å². The van der Waals surface area contributed by atoms with Crippen LogP contribution in [0.1, 0.15) is 11.1 Å². The second-order valence-corrected chi connectivity index (χ2v) is 4.10. The quantitative estimate of drug-likeness (QED) is 0.274. The van der Waals surface area contributed by atoms with Crippen LogP contribution >= 0.6 is 0 Å². The van der Waals surface area contributed by atoms with E-state index >= 15 is 0 Å². The van der Waals surface area contributed by atoms with Crippen molar-refractivity contribution in [2.45, 2.75) is 0 Å². The minimum absolute atomic E-state index is 0.183. The lowest BCUT2D eigenvalue weighted by Crippen LogP contribution is -1.92. The largest absolute Gasteiger partial charge is 0.775 e. The van der Waals surface area contributed by atoms with Crippen LogP contribution in [0.5, 0.6) is 0 Å². The summed E-state index contributed by atoms with van der Waals surface area (Å²) in [7, 11) is 0. The lowest BCUT2D eigenvalue weighted by atomic mass is 10.0. The molecule has 1 aliphatic rings. The smallest absolute Gasteiger partial charge is 0.270 e. The third kappa shape index (κ3) is 2.15. The SMILES string of the molecule is [C-]#[N+]C(=C=[N-])C1=C/C(=C(\C#N)[N+]#[C-])c2cc([N+](=O)[O-])ccc21. The fraction of sp³-hybridized carbons (Fsp3) is 0. The third-order valence-corrected chi connectivity index (χ3v) is 3.03. The molecule has 22 heavy (non-hydrogen) atoms. The molecule has 0 saturated heterocycles. The molecule has 102 valence electrons. The molecule has 1 aliphatic carbocycles. The Kier molecular flexibility index (Phi) is 3.65. The van der Waals surface area contributed by atoms with Crippen LogP contribution in [0, 0.1) is 34.6 Å². The molecule has 0 radical (unpaired) electrons. The van der Waals surface area contributed by atoms with Gasteiger partial charge in [-0.25, -0.2) is 15.0 Å². The molecule has 0 atom stereocenters. The zero-order valence-electron chi connectivity index (χ0n) is 10.9. The highest BCUT2D eigenvalue weighted by Crippen LogP contribution is 2.41. The van der Waals surface area contributed by atoms with Gasteiger partial charge in [0.2, 0.25) is 5.70 Å². The molecule has 0 unspecified atom stereocenters. The van der Waals surface area contributed by atoms with Gasteiger partial charge in [-0.05, 0) is 28.3 Å². The van der Waals surface area contributed by atoms with Crippen LogP contribution < -0.4 is 0 Å². The summed E-state index contributed by atoms with van der Waals surface area (Å²) in [4.78, 5) is 16.5. The van der Waals surface area contributed by atoms with Crippen molar-refractivity contribution in [1.29, 1.82) is 5.26 Å². The average Bonchev–Trinajstić information content (AvgIpc) is 2.89. The molecule has 0 bridgehead atoms. The van der Waals surface area contributed by atoms with Crippen molar-refractivity contribution in [3.05, 3.63) is 85.2 Å². The number of allylic oxidation sites excluding steroid dienone is 4. The molecule has 1 aromatic rings. The maximum Gasteiger partial charge on any atom is 0.270 e. The molecule has 0 N–H and O–H groups in total. The molecule has 0 spiro atoms. The number of rotatable bonds is 2. The number of nitrogens with zero attached hydrogens (tertiary/aromatic N) is 5. The first-order chi connectivity index (χ1) is 10.6. The second-order valence-electron chi connectivity index (χ2n) is 4.10. The molecule has 7 nitrogen and oxygen atoms in total. The molecule has 1 aromatic carbocycles. The Labute approximate surface area is 125 Å². The van der Waals surface area contributed by atoms with E-state index in [-0.39, 0.29) is 28.2 Å². The van der Waals surface area contributed by atoms with E-state index in [1.54, 1.807) is 11.9 Å². The molecule has 0 saturated carbocycles. The van der Waals surface area contributed by atoms with Crippen LogP contribution in [0.25, 0.3) is 26.2 Å². The standard InChI is InChI=1S/C15H4N5O2/c1-18-14(7-16)12-6-13(15(8-17)19-2)11-5-9(20(21)22)3-4-10(11)12/h3-6H/q-1/b15-13-. The summed E-state index contributed by atoms with van der Waals surface area (Å²) >= 11 is 0. The fourth-order valence-electron chi connectivity index (χ4n) is 2.09. The van der Waals surface area contributed by atoms with Crippen LogP contribution in [-0.2, 0) is 0 Å². The van der Waals surface area contributed by atoms with Crippen LogP contribution in [-0.4, -0.2) is 10.8 Å². The number of nitriles is 1. The predicted octanol–water partition coefficient (Wildman–Crippen LogP) is 3.19. The first-order valence-electron chi connectivity index (χ1n) is 5.75. The Hall–Kier alpha value is -3.98. The van der Waals surface area contributed by atoms with Gasteiger partial charge in [0.1, 0.15) is 0 Å². The van der Waals surface area contributed by atoms with E-state index in [9.17, 15) is 10.1 Å². The first-order valence-corrected chi connectivity index (χ1v) is 5.75. The number of benzene rings is 1. The van der Waals surface area contributed by atoms with Crippen molar-refractivity contribution in [3.63, 3.8) is 0 Å². The minimum Gasteiger partial charge on any atom is -0.775 e. The number of hydrogen-bond acceptors (Lipinski definition) is 3. The normalized spacial score (nSPS) is 13.6. The molecular weight excluding hydrogens is 282 g/mol. The lowest BCUT2D eigenvalue weighted by molar-refractivity contribution is -0.384. The van der Waals surface area contributed by atoms with Gasteiger partial charge in [-0.15, -0.1) is 0 Å². The Balaban J connectivity index is 2.86. The lowest BCUT2D eigenvalue weighted by Gasteiger charge is -2.04. The molecule has 0 aliphatic heterocycles. The molecule has 7 heteroatoms. The Morgan fingerprint density at radius 3 is 2.55 bits per heavy atom. The summed E-state index contributed by atoms with van der Waals surface area (Å²) in [5, 5.41) is 28.9. The van der Waals surface area contributed by atoms with Crippen molar-refractivity contribution in [3.8, 4) is 6.07 Å². The molecule has 0 heterocycles. The highest BCUT2D eigenvalue weighted by molar-refractivity contribution is 6.06. The fourth-order valence-corrected chi connectivity index (χ4v) is 2.09. The third-order valence-electron chi connectivity index (χ3n) is 3.03. The van der Waals surface area contributed by atoms with Gasteiger partial charge in [-0.3, -0.25) is 16.0 Å². The maximum absolute atomic E-state index is 10.9. The van der Waals surface area contributed by atoms with E-state index in [1.165, 1.54) is 24.3 Å². The highest BCUT2D eigenvalue weighted by atomic mass is 16.6. The number of nitro groups is 1. The molecular formula is C15H4N5O2-. The number of non-ortho nitro benzene ring substituents is 1. The van der Waals surface area contributed by atoms with E-state index in [4.69, 9.17) is 23.8 Å². The molecule has 0 fully saturated rings. The summed E-state index contributed by atoms with van der Waals surface area (Å²) in [6, 6.07) is 5.61. The van der Waals surface area contributed by atoms with E-state index in [2.05, 4.69) is 9.69 Å². The van der Waals surface area contributed by atoms with Gasteiger partial charge in [0.05, 0.1) is 24.1 Å². The Bertz CT molecular complexity index is 926. The van der Waals surface area contributed by atoms with Gasteiger partial charge in [-0.1, -0.05) is 6.08 Å². The van der Waals surface area contributed by atoms with Crippen molar-refractivity contribution in [1.82, 2.24) is 0 Å². The highest BCUT2D eigenvalue weighted by Gasteiger charge is 2.25. The first kappa shape index (κ1) is 14.4. The number of hydrogen-bond donors (Lipinski definition) is 0. The van der Waals surface area contributed by atoms with Gasteiger partial charge < -0.3 is 5.41 Å². The summed E-state index contributed by atoms with van der Waals surface area (Å²) in [6.07, 6.45) is 1.38.